The lowest BCUT2D eigenvalue weighted by atomic mass is 10.0. The molecule has 9 nitrogen and oxygen atoms in total. The largest absolute Gasteiger partial charge is 0.495 e. The Morgan fingerprint density at radius 1 is 1.05 bits per heavy atom. The number of aliphatic hydroxyl groups excluding tert-OH is 1. The predicted molar refractivity (Wildman–Crippen MR) is 147 cm³/mol. The molecule has 0 spiro atoms. The molecular formula is C26H27Cl2N5O4. The van der Waals surface area contributed by atoms with E-state index in [9.17, 15) is 9.90 Å². The maximum atomic E-state index is 11.9. The number of anilines is 2. The summed E-state index contributed by atoms with van der Waals surface area (Å²) >= 11 is 13.1. The van der Waals surface area contributed by atoms with Crippen molar-refractivity contribution in [2.75, 3.05) is 45.5 Å². The van der Waals surface area contributed by atoms with Gasteiger partial charge in [0, 0.05) is 28.3 Å². The van der Waals surface area contributed by atoms with Gasteiger partial charge in [-0.05, 0) is 43.9 Å². The molecule has 0 radical (unpaired) electrons. The Morgan fingerprint density at radius 2 is 1.70 bits per heavy atom. The number of hydrogen-bond acceptors (Lipinski definition) is 7. The molecule has 37 heavy (non-hydrogen) atoms. The number of aromatic nitrogens is 2. The molecule has 4 aromatic rings. The summed E-state index contributed by atoms with van der Waals surface area (Å²) in [6.07, 6.45) is -1.02. The van der Waals surface area contributed by atoms with Crippen molar-refractivity contribution in [3.8, 4) is 22.6 Å². The van der Waals surface area contributed by atoms with Gasteiger partial charge in [0.15, 0.2) is 12.0 Å². The third-order valence-electron chi connectivity index (χ3n) is 5.67. The topological polar surface area (TPSA) is 112 Å². The molecule has 0 bridgehead atoms. The third kappa shape index (κ3) is 5.75. The smallest absolute Gasteiger partial charge is 0.238 e. The van der Waals surface area contributed by atoms with E-state index in [1.807, 2.05) is 32.3 Å². The molecule has 1 unspecified atom stereocenters. The normalized spacial score (nSPS) is 12.0. The molecule has 1 aromatic heterocycles. The number of nitrogens with one attached hydrogen (secondary N) is 3. The number of likely N-dealkylation sites (N-methyl/N-ethyl adjacent to an activating group) is 1. The molecule has 0 aliphatic carbocycles. The zero-order valence-electron chi connectivity index (χ0n) is 20.7. The van der Waals surface area contributed by atoms with Crippen LogP contribution in [-0.4, -0.2) is 61.0 Å². The van der Waals surface area contributed by atoms with E-state index in [4.69, 9.17) is 32.7 Å². The lowest BCUT2D eigenvalue weighted by Gasteiger charge is -2.15. The Bertz CT molecular complexity index is 1390. The van der Waals surface area contributed by atoms with Gasteiger partial charge < -0.3 is 30.1 Å². The average Bonchev–Trinajstić information content (AvgIpc) is 3.26. The van der Waals surface area contributed by atoms with Crippen LogP contribution in [0.4, 0.5) is 11.5 Å². The van der Waals surface area contributed by atoms with Crippen LogP contribution in [0.25, 0.3) is 22.0 Å². The summed E-state index contributed by atoms with van der Waals surface area (Å²) in [7, 11) is 6.69. The monoisotopic (exact) mass is 543 g/mol. The fourth-order valence-corrected chi connectivity index (χ4v) is 4.59. The summed E-state index contributed by atoms with van der Waals surface area (Å²) in [5, 5.41) is 25.4. The number of H-pyrrole nitrogens is 1. The van der Waals surface area contributed by atoms with Crippen molar-refractivity contribution in [1.82, 2.24) is 15.1 Å². The van der Waals surface area contributed by atoms with Crippen LogP contribution in [0.3, 0.4) is 0 Å². The molecule has 0 aliphatic heterocycles. The highest BCUT2D eigenvalue weighted by Crippen LogP contribution is 2.46. The number of benzene rings is 3. The van der Waals surface area contributed by atoms with Crippen LogP contribution in [0.2, 0.25) is 10.0 Å². The first-order valence-electron chi connectivity index (χ1n) is 11.3. The van der Waals surface area contributed by atoms with Crippen molar-refractivity contribution in [2.45, 2.75) is 6.23 Å². The van der Waals surface area contributed by atoms with Gasteiger partial charge in [-0.15, -0.1) is 0 Å². The number of ether oxygens (including phenoxy) is 2. The quantitative estimate of drug-likeness (QED) is 0.216. The predicted octanol–water partition coefficient (Wildman–Crippen LogP) is 5.16. The number of amides is 1. The number of halogens is 2. The third-order valence-corrected chi connectivity index (χ3v) is 6.42. The Hall–Kier alpha value is -3.50. The van der Waals surface area contributed by atoms with Gasteiger partial charge in [0.2, 0.25) is 5.91 Å². The molecule has 4 N–H and O–H groups in total. The van der Waals surface area contributed by atoms with Gasteiger partial charge in [-0.25, -0.2) is 0 Å². The number of carbonyl (C=O) groups excluding carboxylic acids is 1. The first-order chi connectivity index (χ1) is 17.7. The molecular weight excluding hydrogens is 517 g/mol. The molecule has 194 valence electrons. The lowest BCUT2D eigenvalue weighted by Crippen LogP contribution is -2.27. The molecule has 1 amide bonds. The SMILES string of the molecule is COc1cc(OC)c(Cl)c(-c2ccc3c(NC(O)c4ccc(NC(=O)CN(C)C)cc4)n[nH]c3c2)c1Cl. The summed E-state index contributed by atoms with van der Waals surface area (Å²) in [5.74, 6) is 1.24. The van der Waals surface area contributed by atoms with Crippen molar-refractivity contribution in [3.63, 3.8) is 0 Å². The van der Waals surface area contributed by atoms with Crippen LogP contribution in [-0.2, 0) is 4.79 Å². The number of carbonyl (C=O) groups is 1. The van der Waals surface area contributed by atoms with Gasteiger partial charge in [-0.3, -0.25) is 9.89 Å². The van der Waals surface area contributed by atoms with E-state index in [0.717, 1.165) is 10.9 Å². The first kappa shape index (κ1) is 26.6. The number of aliphatic hydroxyl groups is 1. The van der Waals surface area contributed by atoms with Gasteiger partial charge in [-0.1, -0.05) is 41.4 Å². The molecule has 1 heterocycles. The first-order valence-corrected chi connectivity index (χ1v) is 12.0. The van der Waals surface area contributed by atoms with Crippen molar-refractivity contribution in [1.29, 1.82) is 0 Å². The summed E-state index contributed by atoms with van der Waals surface area (Å²) in [6.45, 7) is 0.281. The Labute approximate surface area is 224 Å². The summed E-state index contributed by atoms with van der Waals surface area (Å²) in [4.78, 5) is 13.7. The molecule has 1 atom stereocenters. The van der Waals surface area contributed by atoms with Gasteiger partial charge in [0.05, 0.1) is 36.3 Å². The second-order valence-electron chi connectivity index (χ2n) is 8.57. The maximum absolute atomic E-state index is 11.9. The number of nitrogens with zero attached hydrogens (tertiary/aromatic N) is 2. The van der Waals surface area contributed by atoms with E-state index >= 15 is 0 Å². The molecule has 11 heteroatoms. The van der Waals surface area contributed by atoms with E-state index in [0.29, 0.717) is 49.7 Å². The van der Waals surface area contributed by atoms with Crippen molar-refractivity contribution in [3.05, 3.63) is 64.1 Å². The Kier molecular flexibility index (Phi) is 8.09. The number of rotatable bonds is 9. The van der Waals surface area contributed by atoms with Gasteiger partial charge in [0.25, 0.3) is 0 Å². The highest BCUT2D eigenvalue weighted by Gasteiger charge is 2.20. The zero-order chi connectivity index (χ0) is 26.7. The number of hydrogen-bond donors (Lipinski definition) is 4. The minimum Gasteiger partial charge on any atom is -0.495 e. The van der Waals surface area contributed by atoms with Crippen LogP contribution >= 0.6 is 23.2 Å². The zero-order valence-corrected chi connectivity index (χ0v) is 22.2. The van der Waals surface area contributed by atoms with Crippen LogP contribution in [0.1, 0.15) is 11.8 Å². The fraction of sp³-hybridized carbons (Fsp3) is 0.231. The molecule has 0 saturated carbocycles. The molecule has 3 aromatic carbocycles. The minimum atomic E-state index is -1.02. The van der Waals surface area contributed by atoms with Gasteiger partial charge in [-0.2, -0.15) is 5.10 Å². The average molecular weight is 544 g/mol. The van der Waals surface area contributed by atoms with Crippen LogP contribution in [0.5, 0.6) is 11.5 Å². The summed E-state index contributed by atoms with van der Waals surface area (Å²) < 4.78 is 10.7. The second-order valence-corrected chi connectivity index (χ2v) is 9.33. The number of aromatic amines is 1. The second kappa shape index (κ2) is 11.3. The van der Waals surface area contributed by atoms with Gasteiger partial charge >= 0.3 is 0 Å². The summed E-state index contributed by atoms with van der Waals surface area (Å²) in [5.41, 5.74) is 3.28. The molecule has 0 aliphatic rings. The molecule has 0 saturated heterocycles. The van der Waals surface area contributed by atoms with E-state index in [1.165, 1.54) is 14.2 Å². The van der Waals surface area contributed by atoms with Crippen LogP contribution < -0.4 is 20.1 Å². The standard InChI is InChI=1S/C26H27Cl2N5O4/c1-33(2)13-21(34)29-16-8-5-14(6-9-16)26(35)30-25-17-10-7-15(11-18(17)31-32-25)22-23(27)19(36-3)12-20(37-4)24(22)28/h5-12,26,35H,13H2,1-4H3,(H,29,34)(H2,30,31,32). The Morgan fingerprint density at radius 3 is 2.30 bits per heavy atom. The number of fused-ring (bicyclic) bond motifs is 1. The highest BCUT2D eigenvalue weighted by molar-refractivity contribution is 6.41. The van der Waals surface area contributed by atoms with Gasteiger partial charge in [0.1, 0.15) is 11.5 Å². The van der Waals surface area contributed by atoms with Crippen molar-refractivity contribution >= 4 is 51.5 Å². The molecule has 4 rings (SSSR count). The molecule has 0 fully saturated rings. The van der Waals surface area contributed by atoms with Crippen molar-refractivity contribution < 1.29 is 19.4 Å². The fourth-order valence-electron chi connectivity index (χ4n) is 3.87. The van der Waals surface area contributed by atoms with E-state index in [-0.39, 0.29) is 12.5 Å². The van der Waals surface area contributed by atoms with Crippen molar-refractivity contribution in [2.24, 2.45) is 0 Å². The minimum absolute atomic E-state index is 0.117. The van der Waals surface area contributed by atoms with E-state index < -0.39 is 6.23 Å². The summed E-state index contributed by atoms with van der Waals surface area (Å²) in [6, 6.07) is 14.1. The van der Waals surface area contributed by atoms with Crippen LogP contribution in [0.15, 0.2) is 48.5 Å². The lowest BCUT2D eigenvalue weighted by molar-refractivity contribution is -0.116. The van der Waals surface area contributed by atoms with E-state index in [1.54, 1.807) is 35.2 Å². The van der Waals surface area contributed by atoms with Crippen LogP contribution in [0, 0.1) is 0 Å². The highest BCUT2D eigenvalue weighted by atomic mass is 35.5. The Balaban J connectivity index is 1.55. The number of methoxy groups -OCH3 is 2. The van der Waals surface area contributed by atoms with E-state index in [2.05, 4.69) is 20.8 Å². The maximum Gasteiger partial charge on any atom is 0.238 e.